The molecule has 0 radical (unpaired) electrons. The third-order valence-electron chi connectivity index (χ3n) is 3.37. The van der Waals surface area contributed by atoms with Crippen molar-refractivity contribution in [3.8, 4) is 0 Å². The molecule has 1 aromatic rings. The van der Waals surface area contributed by atoms with E-state index in [1.165, 1.54) is 32.2 Å². The zero-order chi connectivity index (χ0) is 11.9. The Kier molecular flexibility index (Phi) is 4.94. The van der Waals surface area contributed by atoms with Crippen molar-refractivity contribution < 1.29 is 0 Å². The lowest BCUT2D eigenvalue weighted by Crippen LogP contribution is -2.34. The Hall–Kier alpha value is -0.940. The van der Waals surface area contributed by atoms with Crippen molar-refractivity contribution in [2.24, 2.45) is 0 Å². The highest BCUT2D eigenvalue weighted by Crippen LogP contribution is 2.10. The standard InChI is InChI=1S/C12H23N5/c1-13-6-4-2-3-5-7-16-8-9-17-11-14-15-12(17)10-16/h11,13H,2-10H2,1H3. The lowest BCUT2D eigenvalue weighted by Gasteiger charge is -2.26. The summed E-state index contributed by atoms with van der Waals surface area (Å²) >= 11 is 0. The Morgan fingerprint density at radius 3 is 3.00 bits per heavy atom. The highest BCUT2D eigenvalue weighted by Gasteiger charge is 2.16. The van der Waals surface area contributed by atoms with Gasteiger partial charge in [-0.05, 0) is 33.0 Å². The molecule has 0 aliphatic carbocycles. The number of unbranched alkanes of at least 4 members (excludes halogenated alkanes) is 3. The first-order valence-electron chi connectivity index (χ1n) is 6.64. The topological polar surface area (TPSA) is 46.0 Å². The zero-order valence-corrected chi connectivity index (χ0v) is 10.7. The van der Waals surface area contributed by atoms with Gasteiger partial charge >= 0.3 is 0 Å². The van der Waals surface area contributed by atoms with E-state index in [4.69, 9.17) is 0 Å². The zero-order valence-electron chi connectivity index (χ0n) is 10.7. The van der Waals surface area contributed by atoms with Gasteiger partial charge in [-0.2, -0.15) is 0 Å². The minimum absolute atomic E-state index is 0.969. The van der Waals surface area contributed by atoms with Crippen LogP contribution in [0.25, 0.3) is 0 Å². The highest BCUT2D eigenvalue weighted by atomic mass is 15.3. The first kappa shape index (κ1) is 12.5. The maximum Gasteiger partial charge on any atom is 0.147 e. The van der Waals surface area contributed by atoms with Crippen LogP contribution in [0.5, 0.6) is 0 Å². The van der Waals surface area contributed by atoms with E-state index in [9.17, 15) is 0 Å². The smallest absolute Gasteiger partial charge is 0.147 e. The third kappa shape index (κ3) is 3.78. The van der Waals surface area contributed by atoms with Gasteiger partial charge in [0.1, 0.15) is 12.2 Å². The minimum atomic E-state index is 0.969. The average Bonchev–Trinajstić information content (AvgIpc) is 2.81. The van der Waals surface area contributed by atoms with E-state index in [-0.39, 0.29) is 0 Å². The van der Waals surface area contributed by atoms with Crippen molar-refractivity contribution in [2.75, 3.05) is 26.7 Å². The van der Waals surface area contributed by atoms with Gasteiger partial charge in [-0.15, -0.1) is 10.2 Å². The molecule has 2 heterocycles. The van der Waals surface area contributed by atoms with Crippen molar-refractivity contribution in [1.82, 2.24) is 25.0 Å². The molecule has 0 fully saturated rings. The van der Waals surface area contributed by atoms with Gasteiger partial charge in [0.2, 0.25) is 0 Å². The Morgan fingerprint density at radius 1 is 1.24 bits per heavy atom. The molecule has 1 aliphatic rings. The summed E-state index contributed by atoms with van der Waals surface area (Å²) in [4.78, 5) is 2.49. The number of nitrogens with zero attached hydrogens (tertiary/aromatic N) is 4. The molecule has 96 valence electrons. The van der Waals surface area contributed by atoms with Crippen molar-refractivity contribution in [2.45, 2.75) is 38.8 Å². The SMILES string of the molecule is CNCCCCCCN1CCn2cnnc2C1. The largest absolute Gasteiger partial charge is 0.320 e. The molecule has 1 N–H and O–H groups in total. The van der Waals surface area contributed by atoms with Crippen LogP contribution in [0.4, 0.5) is 0 Å². The molecule has 1 aliphatic heterocycles. The second kappa shape index (κ2) is 6.71. The van der Waals surface area contributed by atoms with Crippen LogP contribution in [-0.4, -0.2) is 46.3 Å². The van der Waals surface area contributed by atoms with Crippen molar-refractivity contribution in [1.29, 1.82) is 0 Å². The Morgan fingerprint density at radius 2 is 2.12 bits per heavy atom. The third-order valence-corrected chi connectivity index (χ3v) is 3.37. The molecule has 0 amide bonds. The molecule has 0 bridgehead atoms. The van der Waals surface area contributed by atoms with Gasteiger partial charge in [-0.1, -0.05) is 12.8 Å². The van der Waals surface area contributed by atoms with E-state index in [1.807, 2.05) is 13.4 Å². The van der Waals surface area contributed by atoms with Crippen LogP contribution in [0.15, 0.2) is 6.33 Å². The second-order valence-electron chi connectivity index (χ2n) is 4.73. The normalized spacial score (nSPS) is 16.1. The summed E-state index contributed by atoms with van der Waals surface area (Å²) in [5.41, 5.74) is 0. The molecule has 17 heavy (non-hydrogen) atoms. The Labute approximate surface area is 103 Å². The maximum atomic E-state index is 4.14. The number of rotatable bonds is 7. The summed E-state index contributed by atoms with van der Waals surface area (Å²) in [6.07, 6.45) is 7.11. The quantitative estimate of drug-likeness (QED) is 0.715. The number of hydrogen-bond donors (Lipinski definition) is 1. The van der Waals surface area contributed by atoms with Crippen LogP contribution >= 0.6 is 0 Å². The molecule has 0 atom stereocenters. The van der Waals surface area contributed by atoms with Crippen LogP contribution < -0.4 is 5.32 Å². The molecular formula is C12H23N5. The molecule has 1 aromatic heterocycles. The molecule has 0 unspecified atom stereocenters. The van der Waals surface area contributed by atoms with Gasteiger partial charge < -0.3 is 9.88 Å². The highest BCUT2D eigenvalue weighted by molar-refractivity contribution is 4.89. The average molecular weight is 237 g/mol. The molecular weight excluding hydrogens is 214 g/mol. The monoisotopic (exact) mass is 237 g/mol. The van der Waals surface area contributed by atoms with Gasteiger partial charge in [0, 0.05) is 13.1 Å². The summed E-state index contributed by atoms with van der Waals surface area (Å²) in [6, 6.07) is 0. The molecule has 0 spiro atoms. The lowest BCUT2D eigenvalue weighted by molar-refractivity contribution is 0.212. The van der Waals surface area contributed by atoms with Crippen LogP contribution in [0.1, 0.15) is 31.5 Å². The summed E-state index contributed by atoms with van der Waals surface area (Å²) in [6.45, 7) is 5.50. The fourth-order valence-corrected chi connectivity index (χ4v) is 2.30. The predicted octanol–water partition coefficient (Wildman–Crippen LogP) is 0.873. The molecule has 0 saturated carbocycles. The van der Waals surface area contributed by atoms with Crippen LogP contribution in [0.2, 0.25) is 0 Å². The van der Waals surface area contributed by atoms with Gasteiger partial charge in [-0.25, -0.2) is 0 Å². The van der Waals surface area contributed by atoms with Gasteiger partial charge in [-0.3, -0.25) is 4.90 Å². The molecule has 0 aromatic carbocycles. The number of aromatic nitrogens is 3. The maximum absolute atomic E-state index is 4.14. The van der Waals surface area contributed by atoms with Crippen molar-refractivity contribution in [3.63, 3.8) is 0 Å². The Balaban J connectivity index is 1.59. The van der Waals surface area contributed by atoms with Gasteiger partial charge in [0.15, 0.2) is 0 Å². The van der Waals surface area contributed by atoms with Crippen LogP contribution in [0, 0.1) is 0 Å². The first-order valence-corrected chi connectivity index (χ1v) is 6.64. The van der Waals surface area contributed by atoms with Gasteiger partial charge in [0.05, 0.1) is 6.54 Å². The molecule has 5 nitrogen and oxygen atoms in total. The lowest BCUT2D eigenvalue weighted by atomic mass is 10.2. The Bertz CT molecular complexity index is 322. The second-order valence-corrected chi connectivity index (χ2v) is 4.73. The van der Waals surface area contributed by atoms with E-state index >= 15 is 0 Å². The number of nitrogens with one attached hydrogen (secondary N) is 1. The summed E-state index contributed by atoms with van der Waals surface area (Å²) < 4.78 is 2.16. The van der Waals surface area contributed by atoms with Crippen molar-refractivity contribution >= 4 is 0 Å². The predicted molar refractivity (Wildman–Crippen MR) is 67.7 cm³/mol. The van der Waals surface area contributed by atoms with Crippen molar-refractivity contribution in [3.05, 3.63) is 12.2 Å². The van der Waals surface area contributed by atoms with Gasteiger partial charge in [0.25, 0.3) is 0 Å². The van der Waals surface area contributed by atoms with Crippen LogP contribution in [0.3, 0.4) is 0 Å². The fourth-order valence-electron chi connectivity index (χ4n) is 2.30. The molecule has 0 saturated heterocycles. The number of fused-ring (bicyclic) bond motifs is 1. The molecule has 2 rings (SSSR count). The first-order chi connectivity index (χ1) is 8.40. The summed E-state index contributed by atoms with van der Waals surface area (Å²) in [7, 11) is 2.02. The van der Waals surface area contributed by atoms with E-state index in [1.54, 1.807) is 0 Å². The van der Waals surface area contributed by atoms with E-state index < -0.39 is 0 Å². The fraction of sp³-hybridized carbons (Fsp3) is 0.833. The number of hydrogen-bond acceptors (Lipinski definition) is 4. The van der Waals surface area contributed by atoms with E-state index in [0.717, 1.165) is 32.0 Å². The van der Waals surface area contributed by atoms with E-state index in [0.29, 0.717) is 0 Å². The summed E-state index contributed by atoms with van der Waals surface area (Å²) in [5.74, 6) is 1.12. The molecule has 5 heteroatoms. The van der Waals surface area contributed by atoms with Crippen LogP contribution in [-0.2, 0) is 13.1 Å². The summed E-state index contributed by atoms with van der Waals surface area (Å²) in [5, 5.41) is 11.3. The minimum Gasteiger partial charge on any atom is -0.320 e. The van der Waals surface area contributed by atoms with E-state index in [2.05, 4.69) is 25.0 Å².